The Bertz CT molecular complexity index is 669. The quantitative estimate of drug-likeness (QED) is 0.831. The van der Waals surface area contributed by atoms with E-state index in [0.717, 1.165) is 21.5 Å². The van der Waals surface area contributed by atoms with Gasteiger partial charge in [0.2, 0.25) is 0 Å². The average Bonchev–Trinajstić information content (AvgIpc) is 3.18. The smallest absolute Gasteiger partial charge is 0.263 e. The summed E-state index contributed by atoms with van der Waals surface area (Å²) in [5, 5.41) is 19.8. The zero-order chi connectivity index (χ0) is 17.1. The fraction of sp³-hybridized carbons (Fsp3) is 0.500. The molecule has 24 heavy (non-hydrogen) atoms. The number of hydrogen-bond donors (Lipinski definition) is 2. The molecule has 130 valence electrons. The van der Waals surface area contributed by atoms with Crippen molar-refractivity contribution in [2.45, 2.75) is 0 Å². The number of hydrogen-bond acceptors (Lipinski definition) is 5. The fourth-order valence-corrected chi connectivity index (χ4v) is 4.45. The van der Waals surface area contributed by atoms with Gasteiger partial charge in [-0.1, -0.05) is 18.2 Å². The van der Waals surface area contributed by atoms with Gasteiger partial charge >= 0.3 is 0 Å². The van der Waals surface area contributed by atoms with Crippen LogP contribution in [0.15, 0.2) is 30.3 Å². The molecule has 0 unspecified atom stereocenters. The maximum Gasteiger partial charge on any atom is 0.263 e. The van der Waals surface area contributed by atoms with E-state index in [1.807, 2.05) is 42.3 Å². The van der Waals surface area contributed by atoms with E-state index in [1.165, 1.54) is 11.3 Å². The number of carbonyl (C=O) groups is 1. The summed E-state index contributed by atoms with van der Waals surface area (Å²) >= 11 is 1.53. The Morgan fingerprint density at radius 2 is 2.04 bits per heavy atom. The Labute approximate surface area is 146 Å². The van der Waals surface area contributed by atoms with E-state index in [9.17, 15) is 9.90 Å². The maximum atomic E-state index is 12.8. The van der Waals surface area contributed by atoms with E-state index in [0.29, 0.717) is 19.6 Å². The summed E-state index contributed by atoms with van der Waals surface area (Å²) in [4.78, 5) is 17.5. The number of rotatable bonds is 6. The predicted octanol–water partition coefficient (Wildman–Crippen LogP) is 1.51. The van der Waals surface area contributed by atoms with Gasteiger partial charge in [0, 0.05) is 43.4 Å². The minimum absolute atomic E-state index is 0.0574. The van der Waals surface area contributed by atoms with Gasteiger partial charge in [0.25, 0.3) is 5.91 Å². The van der Waals surface area contributed by atoms with Gasteiger partial charge in [-0.05, 0) is 30.5 Å². The lowest BCUT2D eigenvalue weighted by Crippen LogP contribution is -2.33. The number of likely N-dealkylation sites (N-methyl/N-ethyl adjacent to an activating group) is 1. The van der Waals surface area contributed by atoms with Crippen molar-refractivity contribution >= 4 is 27.3 Å². The number of amides is 1. The van der Waals surface area contributed by atoms with Crippen molar-refractivity contribution in [1.82, 2.24) is 9.80 Å². The van der Waals surface area contributed by atoms with E-state index >= 15 is 0 Å². The highest BCUT2D eigenvalue weighted by molar-refractivity contribution is 7.20. The first kappa shape index (κ1) is 17.4. The van der Waals surface area contributed by atoms with Crippen LogP contribution >= 0.6 is 11.3 Å². The molecule has 1 saturated heterocycles. The third-order valence-corrected chi connectivity index (χ3v) is 5.87. The number of nitrogens with zero attached hydrogens (tertiary/aromatic N) is 2. The van der Waals surface area contributed by atoms with Gasteiger partial charge in [0.05, 0.1) is 11.5 Å². The third kappa shape index (κ3) is 3.62. The minimum atomic E-state index is 0.0574. The molecule has 1 amide bonds. The van der Waals surface area contributed by atoms with Crippen LogP contribution in [-0.4, -0.2) is 72.4 Å². The maximum absolute atomic E-state index is 12.8. The third-order valence-electron chi connectivity index (χ3n) is 4.76. The molecule has 1 aliphatic heterocycles. The largest absolute Gasteiger partial charge is 0.396 e. The monoisotopic (exact) mass is 348 g/mol. The highest BCUT2D eigenvalue weighted by Crippen LogP contribution is 2.30. The molecule has 6 heteroatoms. The minimum Gasteiger partial charge on any atom is -0.396 e. The molecule has 0 aliphatic carbocycles. The van der Waals surface area contributed by atoms with Gasteiger partial charge < -0.3 is 20.0 Å². The van der Waals surface area contributed by atoms with Gasteiger partial charge in [-0.2, -0.15) is 0 Å². The van der Waals surface area contributed by atoms with Crippen molar-refractivity contribution in [3.63, 3.8) is 0 Å². The Morgan fingerprint density at radius 1 is 1.29 bits per heavy atom. The summed E-state index contributed by atoms with van der Waals surface area (Å²) in [6, 6.07) is 9.98. The first-order valence-corrected chi connectivity index (χ1v) is 9.12. The summed E-state index contributed by atoms with van der Waals surface area (Å²) in [5.41, 5.74) is 0. The molecular weight excluding hydrogens is 324 g/mol. The number of carbonyl (C=O) groups excluding carboxylic acids is 1. The fourth-order valence-electron chi connectivity index (χ4n) is 3.42. The number of aliphatic hydroxyl groups is 2. The Balaban J connectivity index is 1.71. The molecule has 1 aromatic heterocycles. The van der Waals surface area contributed by atoms with Gasteiger partial charge in [0.15, 0.2) is 0 Å². The van der Waals surface area contributed by atoms with Crippen LogP contribution in [0, 0.1) is 11.8 Å². The molecule has 0 radical (unpaired) electrons. The van der Waals surface area contributed by atoms with E-state index < -0.39 is 0 Å². The van der Waals surface area contributed by atoms with E-state index in [1.54, 1.807) is 0 Å². The molecule has 5 nitrogen and oxygen atoms in total. The topological polar surface area (TPSA) is 64.0 Å². The van der Waals surface area contributed by atoms with Crippen molar-refractivity contribution in [3.05, 3.63) is 35.2 Å². The van der Waals surface area contributed by atoms with Crippen LogP contribution in [0.2, 0.25) is 0 Å². The van der Waals surface area contributed by atoms with Crippen LogP contribution in [0.5, 0.6) is 0 Å². The number of fused-ring (bicyclic) bond motifs is 1. The van der Waals surface area contributed by atoms with Crippen LogP contribution in [0.25, 0.3) is 10.1 Å². The molecule has 1 aliphatic rings. The second-order valence-corrected chi connectivity index (χ2v) is 7.63. The summed E-state index contributed by atoms with van der Waals surface area (Å²) in [6.07, 6.45) is 0. The Hall–Kier alpha value is -1.47. The van der Waals surface area contributed by atoms with Crippen LogP contribution in [0.1, 0.15) is 9.67 Å². The summed E-state index contributed by atoms with van der Waals surface area (Å²) in [5.74, 6) is 0.399. The molecule has 2 N–H and O–H groups in total. The van der Waals surface area contributed by atoms with Gasteiger partial charge in [0.1, 0.15) is 0 Å². The van der Waals surface area contributed by atoms with E-state index in [4.69, 9.17) is 5.11 Å². The molecule has 1 fully saturated rings. The Kier molecular flexibility index (Phi) is 5.50. The van der Waals surface area contributed by atoms with Crippen molar-refractivity contribution in [3.8, 4) is 0 Å². The van der Waals surface area contributed by atoms with Crippen LogP contribution < -0.4 is 0 Å². The van der Waals surface area contributed by atoms with Gasteiger partial charge in [-0.15, -0.1) is 11.3 Å². The number of thiophene rings is 1. The van der Waals surface area contributed by atoms with Crippen molar-refractivity contribution in [2.75, 3.05) is 46.4 Å². The van der Waals surface area contributed by atoms with Crippen LogP contribution in [-0.2, 0) is 0 Å². The highest BCUT2D eigenvalue weighted by Gasteiger charge is 2.36. The molecule has 2 aromatic rings. The molecule has 0 bridgehead atoms. The zero-order valence-corrected chi connectivity index (χ0v) is 14.7. The summed E-state index contributed by atoms with van der Waals surface area (Å²) in [6.45, 7) is 2.86. The lowest BCUT2D eigenvalue weighted by molar-refractivity contribution is 0.0784. The first-order valence-electron chi connectivity index (χ1n) is 8.30. The Morgan fingerprint density at radius 3 is 2.75 bits per heavy atom. The van der Waals surface area contributed by atoms with Gasteiger partial charge in [-0.25, -0.2) is 0 Å². The van der Waals surface area contributed by atoms with Gasteiger partial charge in [-0.3, -0.25) is 4.79 Å². The highest BCUT2D eigenvalue weighted by atomic mass is 32.1. The SMILES string of the molecule is CN(CCO)C[C@@H]1CN(C(=O)c2cc3ccccc3s2)C[C@@H]1CO. The van der Waals surface area contributed by atoms with Crippen molar-refractivity contribution in [1.29, 1.82) is 0 Å². The predicted molar refractivity (Wildman–Crippen MR) is 96.4 cm³/mol. The molecule has 1 aromatic carbocycles. The molecule has 3 rings (SSSR count). The molecule has 0 saturated carbocycles. The summed E-state index contributed by atoms with van der Waals surface area (Å²) < 4.78 is 1.12. The lowest BCUT2D eigenvalue weighted by atomic mass is 9.96. The van der Waals surface area contributed by atoms with Crippen LogP contribution in [0.4, 0.5) is 0 Å². The molecule has 2 atom stereocenters. The second kappa shape index (κ2) is 7.61. The van der Waals surface area contributed by atoms with Crippen LogP contribution in [0.3, 0.4) is 0 Å². The standard InChI is InChI=1S/C18H24N2O3S/c1-19(6-7-21)9-14-10-20(11-15(14)12-22)18(23)17-8-13-4-2-3-5-16(13)24-17/h2-5,8,14-15,21-22H,6-7,9-12H2,1H3/t14-,15-/m1/s1. The number of likely N-dealkylation sites (tertiary alicyclic amines) is 1. The molecular formula is C18H24N2O3S. The molecule has 0 spiro atoms. The number of aliphatic hydroxyl groups excluding tert-OH is 2. The zero-order valence-electron chi connectivity index (χ0n) is 13.9. The second-order valence-electron chi connectivity index (χ2n) is 6.55. The van der Waals surface area contributed by atoms with E-state index in [-0.39, 0.29) is 31.0 Å². The average molecular weight is 348 g/mol. The summed E-state index contributed by atoms with van der Waals surface area (Å²) in [7, 11) is 1.96. The van der Waals surface area contributed by atoms with Crippen molar-refractivity contribution < 1.29 is 15.0 Å². The van der Waals surface area contributed by atoms with E-state index in [2.05, 4.69) is 4.90 Å². The normalized spacial score (nSPS) is 21.1. The van der Waals surface area contributed by atoms with Crippen molar-refractivity contribution in [2.24, 2.45) is 11.8 Å². The molecule has 2 heterocycles. The number of benzene rings is 1. The lowest BCUT2D eigenvalue weighted by Gasteiger charge is -2.23. The first-order chi connectivity index (χ1) is 11.6.